The Morgan fingerprint density at radius 2 is 1.91 bits per heavy atom. The maximum atomic E-state index is 12.2. The summed E-state index contributed by atoms with van der Waals surface area (Å²) in [7, 11) is 0. The van der Waals surface area contributed by atoms with Crippen molar-refractivity contribution in [3.8, 4) is 0 Å². The number of fused-ring (bicyclic) bond motifs is 2. The summed E-state index contributed by atoms with van der Waals surface area (Å²) >= 11 is 0. The van der Waals surface area contributed by atoms with Gasteiger partial charge in [0.15, 0.2) is 12.5 Å². The summed E-state index contributed by atoms with van der Waals surface area (Å²) in [4.78, 5) is 13.9. The third kappa shape index (κ3) is 2.08. The minimum atomic E-state index is -0.387. The van der Waals surface area contributed by atoms with Crippen molar-refractivity contribution in [2.75, 3.05) is 13.2 Å². The van der Waals surface area contributed by atoms with Gasteiger partial charge in [0, 0.05) is 5.56 Å². The van der Waals surface area contributed by atoms with E-state index in [1.54, 1.807) is 4.90 Å². The predicted octanol–water partition coefficient (Wildman–Crippen LogP) is 2.00. The molecule has 5 heteroatoms. The Balaban J connectivity index is 1.50. The summed E-state index contributed by atoms with van der Waals surface area (Å²) in [6.45, 7) is 4.94. The number of ether oxygens (including phenoxy) is 3. The highest BCUT2D eigenvalue weighted by Crippen LogP contribution is 2.39. The van der Waals surface area contributed by atoms with Gasteiger partial charge in [0.2, 0.25) is 0 Å². The lowest BCUT2D eigenvalue weighted by Crippen LogP contribution is -2.67. The molecule has 1 aromatic carbocycles. The molecule has 3 aliphatic rings. The first kappa shape index (κ1) is 13.9. The van der Waals surface area contributed by atoms with Gasteiger partial charge in [0.05, 0.1) is 18.7 Å². The number of hydrogen-bond acceptors (Lipinski definition) is 4. The van der Waals surface area contributed by atoms with Crippen molar-refractivity contribution in [2.24, 2.45) is 0 Å². The monoisotopic (exact) mass is 301 g/mol. The second-order valence-corrected chi connectivity index (χ2v) is 6.15. The van der Waals surface area contributed by atoms with E-state index in [9.17, 15) is 4.79 Å². The molecule has 22 heavy (non-hydrogen) atoms. The molecule has 3 fully saturated rings. The second kappa shape index (κ2) is 5.19. The third-order valence-corrected chi connectivity index (χ3v) is 4.44. The predicted molar refractivity (Wildman–Crippen MR) is 78.8 cm³/mol. The minimum absolute atomic E-state index is 0.0646. The lowest BCUT2D eigenvalue weighted by Gasteiger charge is -2.52. The van der Waals surface area contributed by atoms with Gasteiger partial charge in [0.1, 0.15) is 12.2 Å². The van der Waals surface area contributed by atoms with Crippen molar-refractivity contribution in [3.63, 3.8) is 0 Å². The summed E-state index contributed by atoms with van der Waals surface area (Å²) in [5.41, 5.74) is 2.79. The molecule has 4 rings (SSSR count). The summed E-state index contributed by atoms with van der Waals surface area (Å²) < 4.78 is 17.8. The number of carbonyl (C=O) groups is 1. The Labute approximate surface area is 129 Å². The smallest absolute Gasteiger partial charge is 0.256 e. The Morgan fingerprint density at radius 1 is 1.14 bits per heavy atom. The molecule has 1 amide bonds. The van der Waals surface area contributed by atoms with Gasteiger partial charge in [-0.1, -0.05) is 35.9 Å². The van der Waals surface area contributed by atoms with E-state index in [0.29, 0.717) is 13.2 Å². The van der Waals surface area contributed by atoms with Gasteiger partial charge in [0.25, 0.3) is 5.91 Å². The van der Waals surface area contributed by atoms with Crippen molar-refractivity contribution >= 4 is 5.91 Å². The van der Waals surface area contributed by atoms with E-state index in [-0.39, 0.29) is 30.6 Å². The van der Waals surface area contributed by atoms with Crippen LogP contribution in [0.3, 0.4) is 0 Å². The normalized spacial score (nSPS) is 33.8. The van der Waals surface area contributed by atoms with E-state index in [4.69, 9.17) is 14.2 Å². The molecule has 0 radical (unpaired) electrons. The van der Waals surface area contributed by atoms with E-state index >= 15 is 0 Å². The summed E-state index contributed by atoms with van der Waals surface area (Å²) in [5.74, 6) is 0.0646. The first-order chi connectivity index (χ1) is 10.6. The van der Waals surface area contributed by atoms with E-state index in [0.717, 1.165) is 16.7 Å². The molecule has 0 aromatic heterocycles. The first-order valence-corrected chi connectivity index (χ1v) is 7.61. The molecule has 0 N–H and O–H groups in total. The first-order valence-electron chi connectivity index (χ1n) is 7.61. The van der Waals surface area contributed by atoms with Gasteiger partial charge in [-0.3, -0.25) is 4.79 Å². The standard InChI is InChI=1S/C17H19NO4/c1-10(2)14-15(19)18-8-12-13(21-16(14)18)9-20-17(22-12)11-6-4-3-5-7-11/h3-7,12-13,16-17H,8-9H2,1-2H3/t12-,13-,16+,17+/m1/s1. The zero-order valence-electron chi connectivity index (χ0n) is 12.7. The van der Waals surface area contributed by atoms with Gasteiger partial charge in [-0.15, -0.1) is 0 Å². The number of rotatable bonds is 1. The maximum absolute atomic E-state index is 12.2. The zero-order valence-corrected chi connectivity index (χ0v) is 12.7. The van der Waals surface area contributed by atoms with Crippen molar-refractivity contribution < 1.29 is 19.0 Å². The molecule has 3 heterocycles. The van der Waals surface area contributed by atoms with Crippen LogP contribution in [0.25, 0.3) is 0 Å². The van der Waals surface area contributed by atoms with Crippen molar-refractivity contribution in [1.29, 1.82) is 0 Å². The van der Waals surface area contributed by atoms with Crippen LogP contribution in [0.5, 0.6) is 0 Å². The Bertz CT molecular complexity index is 623. The molecule has 3 saturated heterocycles. The number of benzene rings is 1. The van der Waals surface area contributed by atoms with Crippen LogP contribution in [0, 0.1) is 0 Å². The fourth-order valence-corrected chi connectivity index (χ4v) is 3.24. The van der Waals surface area contributed by atoms with Gasteiger partial charge in [-0.2, -0.15) is 0 Å². The molecule has 0 spiro atoms. The van der Waals surface area contributed by atoms with E-state index < -0.39 is 0 Å². The number of β-lactam (4-membered cyclic amide) rings is 1. The lowest BCUT2D eigenvalue weighted by molar-refractivity contribution is -0.307. The molecule has 0 unspecified atom stereocenters. The molecule has 5 nitrogen and oxygen atoms in total. The molecule has 1 aromatic rings. The summed E-state index contributed by atoms with van der Waals surface area (Å²) in [6, 6.07) is 9.84. The third-order valence-electron chi connectivity index (χ3n) is 4.44. The molecule has 4 atom stereocenters. The highest BCUT2D eigenvalue weighted by atomic mass is 16.7. The van der Waals surface area contributed by atoms with Crippen molar-refractivity contribution in [3.05, 3.63) is 47.0 Å². The minimum Gasteiger partial charge on any atom is -0.346 e. The van der Waals surface area contributed by atoms with Gasteiger partial charge in [-0.05, 0) is 13.8 Å². The number of amides is 1. The lowest BCUT2D eigenvalue weighted by atomic mass is 9.94. The largest absolute Gasteiger partial charge is 0.346 e. The van der Waals surface area contributed by atoms with E-state index in [1.165, 1.54) is 0 Å². The maximum Gasteiger partial charge on any atom is 0.256 e. The zero-order chi connectivity index (χ0) is 15.3. The average molecular weight is 301 g/mol. The molecule has 0 bridgehead atoms. The van der Waals surface area contributed by atoms with Crippen LogP contribution in [0.15, 0.2) is 41.5 Å². The van der Waals surface area contributed by atoms with E-state index in [2.05, 4.69) is 0 Å². The Morgan fingerprint density at radius 3 is 2.64 bits per heavy atom. The quantitative estimate of drug-likeness (QED) is 0.588. The van der Waals surface area contributed by atoms with Gasteiger partial charge < -0.3 is 19.1 Å². The fourth-order valence-electron chi connectivity index (χ4n) is 3.24. The van der Waals surface area contributed by atoms with E-state index in [1.807, 2.05) is 44.2 Å². The summed E-state index contributed by atoms with van der Waals surface area (Å²) in [5, 5.41) is 0. The van der Waals surface area contributed by atoms with Crippen LogP contribution in [0.1, 0.15) is 25.7 Å². The fraction of sp³-hybridized carbons (Fsp3) is 0.471. The van der Waals surface area contributed by atoms with Crippen molar-refractivity contribution in [2.45, 2.75) is 38.6 Å². The van der Waals surface area contributed by atoms with Crippen LogP contribution in [-0.4, -0.2) is 42.4 Å². The summed E-state index contributed by atoms with van der Waals surface area (Å²) in [6.07, 6.45) is -0.873. The molecule has 116 valence electrons. The Kier molecular flexibility index (Phi) is 3.29. The molecular formula is C17H19NO4. The SMILES string of the molecule is CC(C)=C1C(=O)N2C[C@H]3O[C@@H](c4ccccc4)OC[C@H]3O[C@@H]12. The highest BCUT2D eigenvalue weighted by Gasteiger charge is 2.52. The second-order valence-electron chi connectivity index (χ2n) is 6.15. The van der Waals surface area contributed by atoms with Crippen LogP contribution < -0.4 is 0 Å². The molecule has 0 saturated carbocycles. The van der Waals surface area contributed by atoms with Crippen molar-refractivity contribution in [1.82, 2.24) is 4.90 Å². The van der Waals surface area contributed by atoms with Crippen LogP contribution in [0.4, 0.5) is 0 Å². The molecule has 3 aliphatic heterocycles. The number of allylic oxidation sites excluding steroid dienone is 1. The van der Waals surface area contributed by atoms with Gasteiger partial charge >= 0.3 is 0 Å². The molecular weight excluding hydrogens is 282 g/mol. The van der Waals surface area contributed by atoms with Gasteiger partial charge in [-0.25, -0.2) is 0 Å². The van der Waals surface area contributed by atoms with Crippen LogP contribution >= 0.6 is 0 Å². The Hall–Kier alpha value is -1.69. The number of hydrogen-bond donors (Lipinski definition) is 0. The average Bonchev–Trinajstić information content (AvgIpc) is 2.54. The highest BCUT2D eigenvalue weighted by molar-refractivity contribution is 6.02. The molecule has 0 aliphatic carbocycles. The topological polar surface area (TPSA) is 48.0 Å². The number of carbonyl (C=O) groups excluding carboxylic acids is 1. The van der Waals surface area contributed by atoms with Crippen LogP contribution in [-0.2, 0) is 19.0 Å². The van der Waals surface area contributed by atoms with Crippen LogP contribution in [0.2, 0.25) is 0 Å². The number of nitrogens with zero attached hydrogens (tertiary/aromatic N) is 1.